The zero-order chi connectivity index (χ0) is 31.0. The minimum absolute atomic E-state index is 0.0601. The molecule has 46 heavy (non-hydrogen) atoms. The lowest BCUT2D eigenvalue weighted by atomic mass is 9.84. The van der Waals surface area contributed by atoms with Crippen LogP contribution in [-0.2, 0) is 6.42 Å². The highest BCUT2D eigenvalue weighted by molar-refractivity contribution is 6.13. The van der Waals surface area contributed by atoms with Gasteiger partial charge in [0.2, 0.25) is 0 Å². The number of benzene rings is 4. The van der Waals surface area contributed by atoms with E-state index in [1.54, 1.807) is 0 Å². The first-order valence-electron chi connectivity index (χ1n) is 16.5. The summed E-state index contributed by atoms with van der Waals surface area (Å²) in [5.41, 5.74) is 12.5. The van der Waals surface area contributed by atoms with Crippen molar-refractivity contribution in [2.24, 2.45) is 9.98 Å². The van der Waals surface area contributed by atoms with Crippen molar-refractivity contribution in [3.05, 3.63) is 177 Å². The molecule has 4 aromatic carbocycles. The fourth-order valence-electron chi connectivity index (χ4n) is 7.30. The fourth-order valence-corrected chi connectivity index (χ4v) is 7.30. The summed E-state index contributed by atoms with van der Waals surface area (Å²) in [5.74, 6) is 1.58. The van der Waals surface area contributed by atoms with Crippen LogP contribution in [0.1, 0.15) is 89.9 Å². The molecule has 0 saturated heterocycles. The molecule has 3 aliphatic heterocycles. The molecule has 0 fully saturated rings. The molecule has 0 saturated carbocycles. The Morgan fingerprint density at radius 3 is 2.37 bits per heavy atom. The number of hydrogen-bond donors (Lipinski definition) is 3. The van der Waals surface area contributed by atoms with E-state index in [0.29, 0.717) is 0 Å². The maximum absolute atomic E-state index is 5.18. The molecule has 5 nitrogen and oxygen atoms in total. The smallest absolute Gasteiger partial charge is 0.159 e. The van der Waals surface area contributed by atoms with Crippen LogP contribution in [0.4, 0.5) is 0 Å². The number of allylic oxidation sites excluding steroid dienone is 5. The van der Waals surface area contributed by atoms with Crippen molar-refractivity contribution in [2.75, 3.05) is 0 Å². The summed E-state index contributed by atoms with van der Waals surface area (Å²) >= 11 is 0. The van der Waals surface area contributed by atoms with Crippen LogP contribution in [-0.4, -0.2) is 11.7 Å². The van der Waals surface area contributed by atoms with Crippen molar-refractivity contribution in [1.29, 1.82) is 0 Å². The van der Waals surface area contributed by atoms with Gasteiger partial charge in [0.1, 0.15) is 12.0 Å². The maximum atomic E-state index is 5.18. The third-order valence-electron chi connectivity index (χ3n) is 9.68. The second-order valence-corrected chi connectivity index (χ2v) is 12.8. The van der Waals surface area contributed by atoms with Crippen LogP contribution in [0.25, 0.3) is 0 Å². The highest BCUT2D eigenvalue weighted by Crippen LogP contribution is 2.37. The summed E-state index contributed by atoms with van der Waals surface area (Å²) < 4.78 is 0. The second-order valence-electron chi connectivity index (χ2n) is 12.8. The Hall–Kier alpha value is -5.00. The molecule has 0 amide bonds. The summed E-state index contributed by atoms with van der Waals surface area (Å²) in [5, 5.41) is 11.5. The number of amidine groups is 2. The normalized spacial score (nSPS) is 23.7. The van der Waals surface area contributed by atoms with Crippen LogP contribution in [0, 0.1) is 0 Å². The Kier molecular flexibility index (Phi) is 7.47. The molecule has 228 valence electrons. The lowest BCUT2D eigenvalue weighted by Crippen LogP contribution is -2.35. The summed E-state index contributed by atoms with van der Waals surface area (Å²) in [6, 6.07) is 37.1. The van der Waals surface area contributed by atoms with E-state index in [1.165, 1.54) is 39.1 Å². The molecule has 0 aromatic heterocycles. The number of dihydropyridines is 1. The predicted molar refractivity (Wildman–Crippen MR) is 188 cm³/mol. The molecule has 4 atom stereocenters. The molecule has 3 heterocycles. The van der Waals surface area contributed by atoms with E-state index < -0.39 is 0 Å². The van der Waals surface area contributed by atoms with Gasteiger partial charge in [0.15, 0.2) is 5.84 Å². The zero-order valence-corrected chi connectivity index (χ0v) is 26.4. The third kappa shape index (κ3) is 5.52. The van der Waals surface area contributed by atoms with Gasteiger partial charge in [-0.15, -0.1) is 0 Å². The van der Waals surface area contributed by atoms with E-state index in [0.717, 1.165) is 47.6 Å². The van der Waals surface area contributed by atoms with Gasteiger partial charge < -0.3 is 16.0 Å². The number of nitrogens with one attached hydrogen (secondary N) is 3. The van der Waals surface area contributed by atoms with Crippen LogP contribution in [0.2, 0.25) is 0 Å². The summed E-state index contributed by atoms with van der Waals surface area (Å²) in [6.07, 6.45) is 9.87. The molecule has 3 N–H and O–H groups in total. The number of aliphatic imine (C=N–C) groups is 2. The first kappa shape index (κ1) is 28.5. The van der Waals surface area contributed by atoms with Crippen molar-refractivity contribution in [2.45, 2.75) is 57.4 Å². The van der Waals surface area contributed by atoms with E-state index in [1.807, 2.05) is 24.3 Å². The number of hydrogen-bond acceptors (Lipinski definition) is 5. The van der Waals surface area contributed by atoms with Crippen molar-refractivity contribution < 1.29 is 0 Å². The lowest BCUT2D eigenvalue weighted by Gasteiger charge is -2.33. The van der Waals surface area contributed by atoms with Crippen molar-refractivity contribution in [1.82, 2.24) is 16.0 Å². The standard InChI is InChI=1S/C41H39N5/c1-26-35-19-11-9-17-30(35)24-37(42-26)32-21-33(38-25-31-18-10-12-20-36(31)27(2)43-38)23-34(22-32)41-45-39(28-13-5-3-6-14-28)44-40(46-41)29-15-7-4-8-16-29/h3-11,13-19,21-23,25-26,37-39,42-43H,12,20,24H2,1-2H3,(H,44,45,46). The van der Waals surface area contributed by atoms with Crippen LogP contribution < -0.4 is 16.0 Å². The number of fused-ring (bicyclic) bond motifs is 2. The SMILES string of the molecule is CC1=C2CCC=CC2=CC(c2cc(C3=NC(c4ccccc4)=NC(c4ccccc4)N3)cc(C3Cc4ccccc4C(C)N3)c2)N1. The molecular formula is C41H39N5. The third-order valence-corrected chi connectivity index (χ3v) is 9.68. The molecule has 0 bridgehead atoms. The summed E-state index contributed by atoms with van der Waals surface area (Å²) in [4.78, 5) is 10.3. The van der Waals surface area contributed by atoms with Gasteiger partial charge in [-0.25, -0.2) is 9.98 Å². The average Bonchev–Trinajstić information content (AvgIpc) is 3.12. The Bertz CT molecular complexity index is 1930. The summed E-state index contributed by atoms with van der Waals surface area (Å²) in [7, 11) is 0. The Morgan fingerprint density at radius 2 is 1.52 bits per heavy atom. The maximum Gasteiger partial charge on any atom is 0.159 e. The van der Waals surface area contributed by atoms with Crippen molar-refractivity contribution >= 4 is 11.7 Å². The monoisotopic (exact) mass is 601 g/mol. The van der Waals surface area contributed by atoms with E-state index in [-0.39, 0.29) is 24.3 Å². The molecule has 8 rings (SSSR count). The highest BCUT2D eigenvalue weighted by atomic mass is 15.2. The van der Waals surface area contributed by atoms with E-state index >= 15 is 0 Å². The van der Waals surface area contributed by atoms with Crippen LogP contribution in [0.5, 0.6) is 0 Å². The first-order valence-corrected chi connectivity index (χ1v) is 16.5. The van der Waals surface area contributed by atoms with Gasteiger partial charge in [0.05, 0.1) is 6.04 Å². The van der Waals surface area contributed by atoms with E-state index in [9.17, 15) is 0 Å². The van der Waals surface area contributed by atoms with Gasteiger partial charge in [0, 0.05) is 28.9 Å². The van der Waals surface area contributed by atoms with Crippen LogP contribution >= 0.6 is 0 Å². The number of rotatable bonds is 5. The zero-order valence-electron chi connectivity index (χ0n) is 26.4. The lowest BCUT2D eigenvalue weighted by molar-refractivity contribution is 0.432. The molecule has 4 aliphatic rings. The van der Waals surface area contributed by atoms with Crippen LogP contribution in [0.15, 0.2) is 148 Å². The molecular weight excluding hydrogens is 562 g/mol. The Labute approximate surface area is 271 Å². The van der Waals surface area contributed by atoms with Gasteiger partial charge in [-0.1, -0.05) is 109 Å². The van der Waals surface area contributed by atoms with Crippen LogP contribution in [0.3, 0.4) is 0 Å². The second kappa shape index (κ2) is 12.1. The molecule has 0 radical (unpaired) electrons. The van der Waals surface area contributed by atoms with Gasteiger partial charge in [-0.05, 0) is 84.2 Å². The largest absolute Gasteiger partial charge is 0.378 e. The molecule has 0 spiro atoms. The van der Waals surface area contributed by atoms with E-state index in [2.05, 4.69) is 127 Å². The topological polar surface area (TPSA) is 60.8 Å². The molecule has 4 unspecified atom stereocenters. The first-order chi connectivity index (χ1) is 22.6. The van der Waals surface area contributed by atoms with Gasteiger partial charge in [-0.3, -0.25) is 0 Å². The minimum Gasteiger partial charge on any atom is -0.378 e. The fraction of sp³-hybridized carbons (Fsp3) is 0.220. The van der Waals surface area contributed by atoms with Gasteiger partial charge in [0.25, 0.3) is 0 Å². The van der Waals surface area contributed by atoms with Gasteiger partial charge >= 0.3 is 0 Å². The average molecular weight is 602 g/mol. The van der Waals surface area contributed by atoms with Gasteiger partial charge in [-0.2, -0.15) is 0 Å². The van der Waals surface area contributed by atoms with Crippen molar-refractivity contribution in [3.63, 3.8) is 0 Å². The van der Waals surface area contributed by atoms with E-state index in [4.69, 9.17) is 9.98 Å². The molecule has 1 aliphatic carbocycles. The molecule has 5 heteroatoms. The predicted octanol–water partition coefficient (Wildman–Crippen LogP) is 8.32. The highest BCUT2D eigenvalue weighted by Gasteiger charge is 2.28. The Balaban J connectivity index is 1.25. The minimum atomic E-state index is -0.245. The quantitative estimate of drug-likeness (QED) is 0.216. The van der Waals surface area contributed by atoms with Crippen molar-refractivity contribution in [3.8, 4) is 0 Å². The Morgan fingerprint density at radius 1 is 0.761 bits per heavy atom. The summed E-state index contributed by atoms with van der Waals surface area (Å²) in [6.45, 7) is 4.49. The number of nitrogens with zero attached hydrogens (tertiary/aromatic N) is 2. The molecule has 4 aromatic rings.